The van der Waals surface area contributed by atoms with Gasteiger partial charge in [0.25, 0.3) is 0 Å². The lowest BCUT2D eigenvalue weighted by Crippen LogP contribution is -2.27. The Morgan fingerprint density at radius 1 is 1.29 bits per heavy atom. The third-order valence-corrected chi connectivity index (χ3v) is 5.78. The van der Waals surface area contributed by atoms with Crippen LogP contribution in [0.2, 0.25) is 4.34 Å². The van der Waals surface area contributed by atoms with Gasteiger partial charge in [-0.05, 0) is 62.8 Å². The Labute approximate surface area is 136 Å². The number of fused-ring (bicyclic) bond motifs is 1. The van der Waals surface area contributed by atoms with Gasteiger partial charge in [0, 0.05) is 17.0 Å². The fourth-order valence-electron chi connectivity index (χ4n) is 3.31. The van der Waals surface area contributed by atoms with E-state index in [1.165, 1.54) is 46.4 Å². The fourth-order valence-corrected chi connectivity index (χ4v) is 4.70. The molecular formula is C18H22ClNS. The number of rotatable bonds is 3. The van der Waals surface area contributed by atoms with Crippen molar-refractivity contribution in [3.05, 3.63) is 55.7 Å². The lowest BCUT2D eigenvalue weighted by atomic mass is 9.92. The second-order valence-corrected chi connectivity index (χ2v) is 7.89. The largest absolute Gasteiger partial charge is 0.303 e. The van der Waals surface area contributed by atoms with Crippen molar-refractivity contribution in [1.29, 1.82) is 0 Å². The van der Waals surface area contributed by atoms with Gasteiger partial charge in [0.15, 0.2) is 0 Å². The molecule has 21 heavy (non-hydrogen) atoms. The molecule has 2 aromatic rings. The van der Waals surface area contributed by atoms with Crippen LogP contribution in [0.3, 0.4) is 0 Å². The van der Waals surface area contributed by atoms with Gasteiger partial charge in [0.05, 0.1) is 4.34 Å². The maximum atomic E-state index is 6.21. The van der Waals surface area contributed by atoms with Crippen LogP contribution in [0, 0.1) is 13.8 Å². The monoisotopic (exact) mass is 319 g/mol. The quantitative estimate of drug-likeness (QED) is 0.760. The van der Waals surface area contributed by atoms with Gasteiger partial charge in [-0.2, -0.15) is 0 Å². The van der Waals surface area contributed by atoms with Crippen LogP contribution < -0.4 is 5.32 Å². The highest BCUT2D eigenvalue weighted by Crippen LogP contribution is 2.39. The van der Waals surface area contributed by atoms with Crippen LogP contribution in [-0.2, 0) is 6.42 Å². The van der Waals surface area contributed by atoms with Crippen molar-refractivity contribution in [1.82, 2.24) is 5.32 Å². The molecule has 0 aliphatic heterocycles. The fraction of sp³-hybridized carbons (Fsp3) is 0.444. The van der Waals surface area contributed by atoms with E-state index in [0.717, 1.165) is 4.34 Å². The summed E-state index contributed by atoms with van der Waals surface area (Å²) < 4.78 is 0.924. The van der Waals surface area contributed by atoms with E-state index in [9.17, 15) is 0 Å². The Bertz CT molecular complexity index is 647. The number of benzene rings is 1. The topological polar surface area (TPSA) is 12.0 Å². The number of nitrogens with one attached hydrogen (secondary N) is 1. The van der Waals surface area contributed by atoms with Gasteiger partial charge < -0.3 is 5.32 Å². The first kappa shape index (κ1) is 15.1. The minimum atomic E-state index is 0.361. The Balaban J connectivity index is 1.82. The maximum absolute atomic E-state index is 6.21. The molecule has 3 heteroatoms. The summed E-state index contributed by atoms with van der Waals surface area (Å²) in [4.78, 5) is 1.47. The number of thiophene rings is 1. The minimum Gasteiger partial charge on any atom is -0.303 e. The van der Waals surface area contributed by atoms with Gasteiger partial charge in [-0.3, -0.25) is 0 Å². The molecule has 1 heterocycles. The first-order valence-electron chi connectivity index (χ1n) is 7.66. The number of hydrogen-bond donors (Lipinski definition) is 1. The molecule has 2 unspecified atom stereocenters. The lowest BCUT2D eigenvalue weighted by Gasteiger charge is -2.28. The van der Waals surface area contributed by atoms with Crippen LogP contribution in [0.25, 0.3) is 0 Å². The number of hydrogen-bond acceptors (Lipinski definition) is 2. The molecule has 0 spiro atoms. The third-order valence-electron chi connectivity index (χ3n) is 4.44. The maximum Gasteiger partial charge on any atom is 0.0934 e. The molecule has 1 aliphatic rings. The Hall–Kier alpha value is -0.830. The molecule has 1 nitrogen and oxygen atoms in total. The predicted octanol–water partition coefficient (Wildman–Crippen LogP) is 5.75. The Morgan fingerprint density at radius 3 is 2.90 bits per heavy atom. The summed E-state index contributed by atoms with van der Waals surface area (Å²) in [5, 5.41) is 3.82. The van der Waals surface area contributed by atoms with E-state index in [4.69, 9.17) is 11.6 Å². The highest BCUT2D eigenvalue weighted by atomic mass is 35.5. The molecule has 0 fully saturated rings. The molecule has 112 valence electrons. The van der Waals surface area contributed by atoms with Crippen LogP contribution >= 0.6 is 22.9 Å². The van der Waals surface area contributed by atoms with Crippen molar-refractivity contribution >= 4 is 22.9 Å². The highest BCUT2D eigenvalue weighted by Gasteiger charge is 2.24. The Morgan fingerprint density at radius 2 is 2.10 bits per heavy atom. The smallest absolute Gasteiger partial charge is 0.0934 e. The van der Waals surface area contributed by atoms with E-state index in [2.05, 4.69) is 50.4 Å². The second-order valence-electron chi connectivity index (χ2n) is 6.12. The number of aryl methyl sites for hydroxylation is 3. The normalized spacial score (nSPS) is 19.3. The molecular weight excluding hydrogens is 298 g/mol. The summed E-state index contributed by atoms with van der Waals surface area (Å²) in [7, 11) is 0. The first-order chi connectivity index (χ1) is 10.0. The standard InChI is InChI=1S/C18H22ClNS/c1-11-7-8-12(2)14(9-11)13(3)20-16-5-4-6-17-15(16)10-18(19)21-17/h7-10,13,16,20H,4-6H2,1-3H3. The van der Waals surface area contributed by atoms with E-state index in [1.807, 2.05) is 0 Å². The van der Waals surface area contributed by atoms with Gasteiger partial charge in [-0.1, -0.05) is 35.4 Å². The Kier molecular flexibility index (Phi) is 4.39. The van der Waals surface area contributed by atoms with E-state index >= 15 is 0 Å². The van der Waals surface area contributed by atoms with Crippen LogP contribution in [-0.4, -0.2) is 0 Å². The van der Waals surface area contributed by atoms with Gasteiger partial charge >= 0.3 is 0 Å². The zero-order valence-electron chi connectivity index (χ0n) is 12.9. The van der Waals surface area contributed by atoms with Gasteiger partial charge in [-0.25, -0.2) is 0 Å². The average molecular weight is 320 g/mol. The zero-order chi connectivity index (χ0) is 15.0. The van der Waals surface area contributed by atoms with Gasteiger partial charge in [-0.15, -0.1) is 11.3 Å². The van der Waals surface area contributed by atoms with Crippen molar-refractivity contribution in [3.63, 3.8) is 0 Å². The molecule has 1 aromatic heterocycles. The van der Waals surface area contributed by atoms with Crippen LogP contribution in [0.15, 0.2) is 24.3 Å². The van der Waals surface area contributed by atoms with E-state index < -0.39 is 0 Å². The zero-order valence-corrected chi connectivity index (χ0v) is 14.4. The highest BCUT2D eigenvalue weighted by molar-refractivity contribution is 7.16. The van der Waals surface area contributed by atoms with Crippen LogP contribution in [0.5, 0.6) is 0 Å². The summed E-state index contributed by atoms with van der Waals surface area (Å²) in [5.41, 5.74) is 5.52. The SMILES string of the molecule is Cc1ccc(C)c(C(C)NC2CCCc3sc(Cl)cc32)c1. The summed E-state index contributed by atoms with van der Waals surface area (Å²) in [6.07, 6.45) is 3.64. The van der Waals surface area contributed by atoms with Crippen molar-refractivity contribution in [2.45, 2.75) is 52.1 Å². The second kappa shape index (κ2) is 6.12. The summed E-state index contributed by atoms with van der Waals surface area (Å²) in [5.74, 6) is 0. The number of halogens is 1. The average Bonchev–Trinajstić information content (AvgIpc) is 2.83. The van der Waals surface area contributed by atoms with E-state index in [1.54, 1.807) is 11.3 Å². The van der Waals surface area contributed by atoms with Crippen molar-refractivity contribution < 1.29 is 0 Å². The molecule has 1 aromatic carbocycles. The van der Waals surface area contributed by atoms with Crippen LogP contribution in [0.4, 0.5) is 0 Å². The third kappa shape index (κ3) is 3.18. The van der Waals surface area contributed by atoms with Crippen molar-refractivity contribution in [2.24, 2.45) is 0 Å². The summed E-state index contributed by atoms with van der Waals surface area (Å²) in [6.45, 7) is 6.62. The van der Waals surface area contributed by atoms with Crippen LogP contribution in [0.1, 0.15) is 59.0 Å². The van der Waals surface area contributed by atoms with Gasteiger partial charge in [0.2, 0.25) is 0 Å². The molecule has 3 rings (SSSR count). The molecule has 1 N–H and O–H groups in total. The molecule has 1 aliphatic carbocycles. The van der Waals surface area contributed by atoms with E-state index in [0.29, 0.717) is 12.1 Å². The lowest BCUT2D eigenvalue weighted by molar-refractivity contribution is 0.417. The van der Waals surface area contributed by atoms with Crippen molar-refractivity contribution in [3.8, 4) is 0 Å². The summed E-state index contributed by atoms with van der Waals surface area (Å²) >= 11 is 7.95. The van der Waals surface area contributed by atoms with E-state index in [-0.39, 0.29) is 0 Å². The predicted molar refractivity (Wildman–Crippen MR) is 92.5 cm³/mol. The molecule has 0 bridgehead atoms. The first-order valence-corrected chi connectivity index (χ1v) is 8.85. The van der Waals surface area contributed by atoms with Gasteiger partial charge in [0.1, 0.15) is 0 Å². The molecule has 0 saturated carbocycles. The molecule has 0 amide bonds. The summed E-state index contributed by atoms with van der Waals surface area (Å²) in [6, 6.07) is 9.66. The van der Waals surface area contributed by atoms with Crippen molar-refractivity contribution in [2.75, 3.05) is 0 Å². The molecule has 0 saturated heterocycles. The molecule has 0 radical (unpaired) electrons. The minimum absolute atomic E-state index is 0.361. The molecule has 2 atom stereocenters.